The number of methoxy groups -OCH3 is 2. The number of rotatable bonds is 5. The van der Waals surface area contributed by atoms with Gasteiger partial charge in [-0.05, 0) is 42.7 Å². The maximum Gasteiger partial charge on any atom is 0.274 e. The maximum atomic E-state index is 14.8. The molecule has 2 heterocycles. The molecule has 0 atom stereocenters. The Morgan fingerprint density at radius 1 is 1.09 bits per heavy atom. The van der Waals surface area contributed by atoms with Gasteiger partial charge in [-0.1, -0.05) is 12.1 Å². The summed E-state index contributed by atoms with van der Waals surface area (Å²) >= 11 is 0. The Morgan fingerprint density at radius 3 is 2.41 bits per heavy atom. The summed E-state index contributed by atoms with van der Waals surface area (Å²) in [5, 5.41) is 4.61. The second-order valence-corrected chi connectivity index (χ2v) is 8.55. The molecule has 2 aliphatic rings. The lowest BCUT2D eigenvalue weighted by atomic mass is 9.96. The third-order valence-electron chi connectivity index (χ3n) is 6.68. The third kappa shape index (κ3) is 3.48. The van der Waals surface area contributed by atoms with Gasteiger partial charge in [0.15, 0.2) is 17.2 Å². The molecule has 0 unspecified atom stereocenters. The van der Waals surface area contributed by atoms with Crippen LogP contribution in [-0.2, 0) is 11.2 Å². The van der Waals surface area contributed by atoms with Crippen molar-refractivity contribution in [2.45, 2.75) is 19.3 Å². The number of para-hydroxylation sites is 1. The fraction of sp³-hybridized carbons (Fsp3) is 0.320. The second-order valence-electron chi connectivity index (χ2n) is 8.55. The molecule has 0 saturated carbocycles. The summed E-state index contributed by atoms with van der Waals surface area (Å²) < 4.78 is 27.3. The quantitative estimate of drug-likeness (QED) is 0.490. The Bertz CT molecular complexity index is 1290. The summed E-state index contributed by atoms with van der Waals surface area (Å²) in [6.07, 6.45) is 1.50. The number of benzene rings is 2. The Kier molecular flexibility index (Phi) is 5.47. The van der Waals surface area contributed by atoms with Gasteiger partial charge < -0.3 is 20.1 Å². The molecule has 1 saturated heterocycles. The number of likely N-dealkylation sites (tertiary alicyclic amines) is 1. The highest BCUT2D eigenvalue weighted by Crippen LogP contribution is 2.45. The van der Waals surface area contributed by atoms with E-state index in [1.54, 1.807) is 37.3 Å². The van der Waals surface area contributed by atoms with Crippen molar-refractivity contribution >= 4 is 11.8 Å². The lowest BCUT2D eigenvalue weighted by Crippen LogP contribution is -2.42. The van der Waals surface area contributed by atoms with Gasteiger partial charge in [-0.3, -0.25) is 9.59 Å². The summed E-state index contributed by atoms with van der Waals surface area (Å²) in [6.45, 7) is 0.838. The lowest BCUT2D eigenvalue weighted by Gasteiger charge is -2.30. The van der Waals surface area contributed by atoms with E-state index in [-0.39, 0.29) is 29.1 Å². The van der Waals surface area contributed by atoms with Crippen LogP contribution in [0.25, 0.3) is 16.9 Å². The first-order valence-corrected chi connectivity index (χ1v) is 11.1. The van der Waals surface area contributed by atoms with Crippen LogP contribution in [-0.4, -0.2) is 53.8 Å². The standard InChI is InChI=1S/C25H25FN4O4/c1-33-20-12-15-11-17-22(25(32)29-9-7-14(8-10-29)24(27)31)28-30(19-6-4-3-5-18(19)26)23(17)16(15)13-21(20)34-2/h3-6,12-14H,7-11H2,1-2H3,(H2,27,31). The minimum atomic E-state index is -0.442. The number of primary amides is 1. The molecular formula is C25H25FN4O4. The fourth-order valence-corrected chi connectivity index (χ4v) is 4.86. The summed E-state index contributed by atoms with van der Waals surface area (Å²) in [7, 11) is 3.12. The first kappa shape index (κ1) is 21.9. The number of hydrogen-bond acceptors (Lipinski definition) is 5. The number of carbonyl (C=O) groups excluding carboxylic acids is 2. The normalized spacial score (nSPS) is 15.1. The van der Waals surface area contributed by atoms with Crippen LogP contribution in [0.15, 0.2) is 36.4 Å². The van der Waals surface area contributed by atoms with E-state index in [0.29, 0.717) is 49.5 Å². The van der Waals surface area contributed by atoms with E-state index in [2.05, 4.69) is 5.10 Å². The van der Waals surface area contributed by atoms with E-state index in [0.717, 1.165) is 16.7 Å². The van der Waals surface area contributed by atoms with Crippen LogP contribution in [0.3, 0.4) is 0 Å². The van der Waals surface area contributed by atoms with Crippen molar-refractivity contribution < 1.29 is 23.5 Å². The molecule has 5 rings (SSSR count). The van der Waals surface area contributed by atoms with Crippen LogP contribution in [0.5, 0.6) is 11.5 Å². The number of amides is 2. The Morgan fingerprint density at radius 2 is 1.76 bits per heavy atom. The van der Waals surface area contributed by atoms with Gasteiger partial charge >= 0.3 is 0 Å². The predicted molar refractivity (Wildman–Crippen MR) is 123 cm³/mol. The molecule has 0 bridgehead atoms. The van der Waals surface area contributed by atoms with E-state index in [4.69, 9.17) is 15.2 Å². The molecule has 1 fully saturated rings. The zero-order chi connectivity index (χ0) is 24.0. The number of piperidine rings is 1. The van der Waals surface area contributed by atoms with E-state index in [1.807, 2.05) is 12.1 Å². The molecule has 2 amide bonds. The van der Waals surface area contributed by atoms with Gasteiger partial charge in [0, 0.05) is 36.6 Å². The van der Waals surface area contributed by atoms with Gasteiger partial charge in [0.1, 0.15) is 11.5 Å². The molecular weight excluding hydrogens is 439 g/mol. The SMILES string of the molecule is COc1cc2c(cc1OC)-c1c(c(C(=O)N3CCC(C(N)=O)CC3)nn1-c1ccccc1F)C2. The van der Waals surface area contributed by atoms with Crippen molar-refractivity contribution in [1.82, 2.24) is 14.7 Å². The molecule has 2 aromatic carbocycles. The minimum Gasteiger partial charge on any atom is -0.493 e. The van der Waals surface area contributed by atoms with E-state index in [1.165, 1.54) is 10.7 Å². The van der Waals surface area contributed by atoms with Crippen molar-refractivity contribution in [1.29, 1.82) is 0 Å². The van der Waals surface area contributed by atoms with Crippen LogP contribution in [0.4, 0.5) is 4.39 Å². The first-order valence-electron chi connectivity index (χ1n) is 11.1. The monoisotopic (exact) mass is 464 g/mol. The molecule has 3 aromatic rings. The van der Waals surface area contributed by atoms with Crippen LogP contribution < -0.4 is 15.2 Å². The van der Waals surface area contributed by atoms with E-state index < -0.39 is 5.82 Å². The minimum absolute atomic E-state index is 0.227. The average molecular weight is 464 g/mol. The molecule has 34 heavy (non-hydrogen) atoms. The van der Waals surface area contributed by atoms with Crippen molar-refractivity contribution in [3.63, 3.8) is 0 Å². The molecule has 0 radical (unpaired) electrons. The number of nitrogens with two attached hydrogens (primary N) is 1. The Labute approximate surface area is 196 Å². The van der Waals surface area contributed by atoms with Crippen molar-refractivity contribution in [3.8, 4) is 28.4 Å². The molecule has 1 aliphatic carbocycles. The van der Waals surface area contributed by atoms with Gasteiger partial charge in [-0.15, -0.1) is 0 Å². The van der Waals surface area contributed by atoms with Crippen molar-refractivity contribution in [3.05, 3.63) is 59.0 Å². The molecule has 1 aromatic heterocycles. The zero-order valence-corrected chi connectivity index (χ0v) is 19.0. The first-order chi connectivity index (χ1) is 16.4. The molecule has 0 spiro atoms. The van der Waals surface area contributed by atoms with Gasteiger partial charge in [0.05, 0.1) is 19.9 Å². The topological polar surface area (TPSA) is 99.7 Å². The van der Waals surface area contributed by atoms with Crippen LogP contribution in [0.1, 0.15) is 34.5 Å². The molecule has 9 heteroatoms. The number of carbonyl (C=O) groups is 2. The zero-order valence-electron chi connectivity index (χ0n) is 19.0. The largest absolute Gasteiger partial charge is 0.493 e. The van der Waals surface area contributed by atoms with E-state index in [9.17, 15) is 14.0 Å². The third-order valence-corrected chi connectivity index (χ3v) is 6.68. The highest BCUT2D eigenvalue weighted by Gasteiger charge is 2.35. The van der Waals surface area contributed by atoms with Crippen molar-refractivity contribution in [2.75, 3.05) is 27.3 Å². The number of ether oxygens (including phenoxy) is 2. The number of nitrogens with zero attached hydrogens (tertiary/aromatic N) is 3. The number of hydrogen-bond donors (Lipinski definition) is 1. The molecule has 8 nitrogen and oxygen atoms in total. The van der Waals surface area contributed by atoms with Gasteiger partial charge in [-0.2, -0.15) is 5.10 Å². The molecule has 176 valence electrons. The lowest BCUT2D eigenvalue weighted by molar-refractivity contribution is -0.123. The van der Waals surface area contributed by atoms with Crippen molar-refractivity contribution in [2.24, 2.45) is 11.7 Å². The van der Waals surface area contributed by atoms with Gasteiger partial charge in [0.2, 0.25) is 5.91 Å². The number of halogens is 1. The van der Waals surface area contributed by atoms with Gasteiger partial charge in [-0.25, -0.2) is 9.07 Å². The molecule has 2 N–H and O–H groups in total. The fourth-order valence-electron chi connectivity index (χ4n) is 4.86. The van der Waals surface area contributed by atoms with Crippen LogP contribution >= 0.6 is 0 Å². The summed E-state index contributed by atoms with van der Waals surface area (Å²) in [4.78, 5) is 26.8. The smallest absolute Gasteiger partial charge is 0.274 e. The second kappa shape index (κ2) is 8.48. The van der Waals surface area contributed by atoms with Gasteiger partial charge in [0.25, 0.3) is 5.91 Å². The maximum absolute atomic E-state index is 14.8. The van der Waals surface area contributed by atoms with E-state index >= 15 is 0 Å². The number of aromatic nitrogens is 2. The highest BCUT2D eigenvalue weighted by atomic mass is 19.1. The summed E-state index contributed by atoms with van der Waals surface area (Å²) in [6, 6.07) is 10.1. The van der Waals surface area contributed by atoms with Crippen LogP contribution in [0.2, 0.25) is 0 Å². The van der Waals surface area contributed by atoms with Crippen LogP contribution in [0, 0.1) is 11.7 Å². The number of fused-ring (bicyclic) bond motifs is 3. The highest BCUT2D eigenvalue weighted by molar-refractivity contribution is 5.97. The average Bonchev–Trinajstić information content (AvgIpc) is 3.40. The Hall–Kier alpha value is -3.88. The summed E-state index contributed by atoms with van der Waals surface area (Å²) in [5.41, 5.74) is 9.13. The molecule has 1 aliphatic heterocycles. The predicted octanol–water partition coefficient (Wildman–Crippen LogP) is 2.94. The summed E-state index contributed by atoms with van der Waals surface area (Å²) in [5.74, 6) is -0.121. The Balaban J connectivity index is 1.61.